The van der Waals surface area contributed by atoms with Crippen LogP contribution in [0, 0.1) is 0 Å². The molecule has 1 aliphatic carbocycles. The molecule has 0 spiro atoms. The third-order valence-electron chi connectivity index (χ3n) is 3.66. The lowest BCUT2D eigenvalue weighted by Gasteiger charge is -2.29. The first kappa shape index (κ1) is 10.9. The monoisotopic (exact) mass is 300 g/mol. The van der Waals surface area contributed by atoms with Gasteiger partial charge in [-0.3, -0.25) is 0 Å². The predicted molar refractivity (Wildman–Crippen MR) is 70.0 cm³/mol. The summed E-state index contributed by atoms with van der Waals surface area (Å²) in [6, 6.07) is 2.09. The molecule has 3 rings (SSSR count). The summed E-state index contributed by atoms with van der Waals surface area (Å²) in [5.74, 6) is 1.69. The van der Waals surface area contributed by atoms with Gasteiger partial charge in [-0.25, -0.2) is 0 Å². The van der Waals surface area contributed by atoms with Gasteiger partial charge in [0.05, 0.1) is 6.61 Å². The van der Waals surface area contributed by atoms with Crippen LogP contribution in [0.25, 0.3) is 0 Å². The van der Waals surface area contributed by atoms with Crippen LogP contribution in [-0.2, 0) is 6.42 Å². The largest absolute Gasteiger partial charge is 0.493 e. The summed E-state index contributed by atoms with van der Waals surface area (Å²) in [5.41, 5.74) is 3.91. The van der Waals surface area contributed by atoms with Crippen molar-refractivity contribution in [1.82, 2.24) is 0 Å². The molecule has 1 aromatic rings. The molecule has 0 radical (unpaired) electrons. The van der Waals surface area contributed by atoms with Gasteiger partial charge in [-0.05, 0) is 36.0 Å². The van der Waals surface area contributed by atoms with Crippen LogP contribution in [0.5, 0.6) is 5.75 Å². The topological polar surface area (TPSA) is 9.23 Å². The molecule has 0 bridgehead atoms. The molecule has 2 atom stereocenters. The Morgan fingerprint density at radius 3 is 3.00 bits per heavy atom. The first-order valence-corrected chi connectivity index (χ1v) is 7.10. The molecule has 2 unspecified atom stereocenters. The van der Waals surface area contributed by atoms with Crippen molar-refractivity contribution in [2.45, 2.75) is 36.9 Å². The fourth-order valence-corrected chi connectivity index (χ4v) is 4.09. The molecule has 2 aliphatic rings. The number of hydrogen-bond acceptors (Lipinski definition) is 1. The number of hydrogen-bond donors (Lipinski definition) is 0. The second-order valence-electron chi connectivity index (χ2n) is 4.72. The van der Waals surface area contributed by atoms with E-state index in [1.54, 1.807) is 0 Å². The summed E-state index contributed by atoms with van der Waals surface area (Å²) in [6.07, 6.45) is 3.37. The molecule has 0 aromatic heterocycles. The molecule has 0 N–H and O–H groups in total. The van der Waals surface area contributed by atoms with Crippen LogP contribution < -0.4 is 4.74 Å². The number of ether oxygens (including phenoxy) is 1. The third-order valence-corrected chi connectivity index (χ3v) is 4.89. The van der Waals surface area contributed by atoms with Crippen molar-refractivity contribution < 1.29 is 4.74 Å². The van der Waals surface area contributed by atoms with E-state index in [0.29, 0.717) is 10.7 Å². The lowest BCUT2D eigenvalue weighted by atomic mass is 9.82. The fraction of sp³-hybridized carbons (Fsp3) is 0.538. The van der Waals surface area contributed by atoms with Gasteiger partial charge >= 0.3 is 0 Å². The van der Waals surface area contributed by atoms with Gasteiger partial charge in [-0.1, -0.05) is 34.5 Å². The molecular weight excluding hydrogens is 287 g/mol. The maximum atomic E-state index is 6.40. The molecular formula is C13H14BrClO. The molecule has 1 nitrogen and oxygen atoms in total. The van der Waals surface area contributed by atoms with Gasteiger partial charge in [0.15, 0.2) is 0 Å². The number of halogens is 2. The minimum Gasteiger partial charge on any atom is -0.493 e. The molecule has 86 valence electrons. The van der Waals surface area contributed by atoms with Gasteiger partial charge in [-0.2, -0.15) is 0 Å². The van der Waals surface area contributed by atoms with Crippen LogP contribution >= 0.6 is 27.5 Å². The molecule has 0 saturated heterocycles. The summed E-state index contributed by atoms with van der Waals surface area (Å²) in [5, 5.41) is 0.910. The molecule has 1 aliphatic heterocycles. The quantitative estimate of drug-likeness (QED) is 0.636. The van der Waals surface area contributed by atoms with E-state index in [-0.39, 0.29) is 0 Å². The zero-order chi connectivity index (χ0) is 11.3. The highest BCUT2D eigenvalue weighted by Gasteiger charge is 2.31. The average Bonchev–Trinajstić information content (AvgIpc) is 2.70. The van der Waals surface area contributed by atoms with Gasteiger partial charge in [0.1, 0.15) is 5.75 Å². The van der Waals surface area contributed by atoms with Crippen LogP contribution in [0.1, 0.15) is 47.2 Å². The van der Waals surface area contributed by atoms with E-state index >= 15 is 0 Å². The third kappa shape index (κ3) is 1.50. The van der Waals surface area contributed by atoms with E-state index in [0.717, 1.165) is 30.2 Å². The predicted octanol–water partition coefficient (Wildman–Crippen LogP) is 4.61. The summed E-state index contributed by atoms with van der Waals surface area (Å²) in [4.78, 5) is 0.390. The van der Waals surface area contributed by atoms with E-state index in [1.807, 2.05) is 0 Å². The number of fused-ring (bicyclic) bond motifs is 3. The summed E-state index contributed by atoms with van der Waals surface area (Å²) in [7, 11) is 0. The number of benzene rings is 1. The van der Waals surface area contributed by atoms with Crippen molar-refractivity contribution >= 4 is 27.5 Å². The SMILES string of the molecule is CC1CCC(Br)c2c(Cl)cc3c(c21)OCC3. The minimum absolute atomic E-state index is 0.390. The zero-order valence-corrected chi connectivity index (χ0v) is 11.6. The number of rotatable bonds is 0. The van der Waals surface area contributed by atoms with Gasteiger partial charge in [0.2, 0.25) is 0 Å². The Labute approximate surface area is 109 Å². The summed E-state index contributed by atoms with van der Waals surface area (Å²) in [6.45, 7) is 3.08. The Hall–Kier alpha value is -0.210. The van der Waals surface area contributed by atoms with Gasteiger partial charge in [0, 0.05) is 21.8 Å². The molecule has 0 fully saturated rings. The van der Waals surface area contributed by atoms with Crippen molar-refractivity contribution in [2.75, 3.05) is 6.61 Å². The minimum atomic E-state index is 0.390. The fourth-order valence-electron chi connectivity index (χ4n) is 2.83. The highest BCUT2D eigenvalue weighted by molar-refractivity contribution is 9.09. The zero-order valence-electron chi connectivity index (χ0n) is 9.22. The van der Waals surface area contributed by atoms with Crippen LogP contribution in [0.15, 0.2) is 6.07 Å². The molecule has 1 aromatic carbocycles. The standard InChI is InChI=1S/C13H14BrClO/c1-7-2-3-9(14)12-10(15)6-8-4-5-16-13(8)11(7)12/h6-7,9H,2-5H2,1H3. The van der Waals surface area contributed by atoms with E-state index < -0.39 is 0 Å². The van der Waals surface area contributed by atoms with E-state index in [4.69, 9.17) is 16.3 Å². The maximum absolute atomic E-state index is 6.40. The highest BCUT2D eigenvalue weighted by atomic mass is 79.9. The molecule has 0 amide bonds. The van der Waals surface area contributed by atoms with E-state index in [9.17, 15) is 0 Å². The first-order valence-electron chi connectivity index (χ1n) is 5.80. The summed E-state index contributed by atoms with van der Waals surface area (Å²) < 4.78 is 5.79. The van der Waals surface area contributed by atoms with Gasteiger partial charge in [-0.15, -0.1) is 0 Å². The van der Waals surface area contributed by atoms with Gasteiger partial charge in [0.25, 0.3) is 0 Å². The van der Waals surface area contributed by atoms with Crippen molar-refractivity contribution in [3.05, 3.63) is 27.8 Å². The second-order valence-corrected chi connectivity index (χ2v) is 6.23. The smallest absolute Gasteiger partial charge is 0.126 e. The highest BCUT2D eigenvalue weighted by Crippen LogP contribution is 2.51. The summed E-state index contributed by atoms with van der Waals surface area (Å²) >= 11 is 10.1. The molecule has 3 heteroatoms. The molecule has 16 heavy (non-hydrogen) atoms. The van der Waals surface area contributed by atoms with Gasteiger partial charge < -0.3 is 4.74 Å². The lowest BCUT2D eigenvalue weighted by molar-refractivity contribution is 0.348. The van der Waals surface area contributed by atoms with Crippen LogP contribution in [0.4, 0.5) is 0 Å². The van der Waals surface area contributed by atoms with Crippen molar-refractivity contribution in [3.63, 3.8) is 0 Å². The Bertz CT molecular complexity index is 444. The van der Waals surface area contributed by atoms with Crippen molar-refractivity contribution in [1.29, 1.82) is 0 Å². The lowest BCUT2D eigenvalue weighted by Crippen LogP contribution is -2.11. The Kier molecular flexibility index (Phi) is 2.67. The molecule has 0 saturated carbocycles. The normalized spacial score (nSPS) is 27.2. The Balaban J connectivity index is 2.27. The number of alkyl halides is 1. The maximum Gasteiger partial charge on any atom is 0.126 e. The van der Waals surface area contributed by atoms with Crippen LogP contribution in [-0.4, -0.2) is 6.61 Å². The van der Waals surface area contributed by atoms with Crippen molar-refractivity contribution in [3.8, 4) is 5.75 Å². The van der Waals surface area contributed by atoms with Crippen LogP contribution in [0.2, 0.25) is 5.02 Å². The first-order chi connectivity index (χ1) is 7.68. The van der Waals surface area contributed by atoms with E-state index in [1.165, 1.54) is 23.1 Å². The Morgan fingerprint density at radius 2 is 2.19 bits per heavy atom. The molecule has 1 heterocycles. The Morgan fingerprint density at radius 1 is 1.38 bits per heavy atom. The average molecular weight is 302 g/mol. The van der Waals surface area contributed by atoms with Crippen LogP contribution in [0.3, 0.4) is 0 Å². The van der Waals surface area contributed by atoms with E-state index in [2.05, 4.69) is 28.9 Å². The van der Waals surface area contributed by atoms with Crippen molar-refractivity contribution in [2.24, 2.45) is 0 Å². The second kappa shape index (κ2) is 3.92.